The molecule has 0 amide bonds. The molecule has 0 aliphatic carbocycles. The summed E-state index contributed by atoms with van der Waals surface area (Å²) in [5.74, 6) is 0.894. The molecule has 1 aromatic heterocycles. The Balaban J connectivity index is 2.54. The van der Waals surface area contributed by atoms with E-state index in [1.807, 2.05) is 0 Å². The van der Waals surface area contributed by atoms with Crippen LogP contribution in [0.3, 0.4) is 0 Å². The summed E-state index contributed by atoms with van der Waals surface area (Å²) in [4.78, 5) is 2.80. The number of thiocarbonyl (C=S) groups is 1. The van der Waals surface area contributed by atoms with Crippen molar-refractivity contribution in [1.82, 2.24) is 10.2 Å². The molecule has 21 heavy (non-hydrogen) atoms. The van der Waals surface area contributed by atoms with Crippen LogP contribution in [0, 0.1) is 0 Å². The van der Waals surface area contributed by atoms with Gasteiger partial charge in [0.05, 0.1) is 11.3 Å². The van der Waals surface area contributed by atoms with E-state index in [1.165, 1.54) is 31.2 Å². The number of aryl methyl sites for hydroxylation is 1. The molecule has 2 N–H and O–H groups in total. The topological polar surface area (TPSA) is 55.0 Å². The van der Waals surface area contributed by atoms with Gasteiger partial charge in [-0.25, -0.2) is 0 Å². The summed E-state index contributed by atoms with van der Waals surface area (Å²) in [5.41, 5.74) is 9.19. The van der Waals surface area contributed by atoms with Gasteiger partial charge in [0.15, 0.2) is 5.82 Å². The fourth-order valence-corrected chi connectivity index (χ4v) is 3.43. The zero-order valence-electron chi connectivity index (χ0n) is 13.4. The van der Waals surface area contributed by atoms with Crippen molar-refractivity contribution in [2.24, 2.45) is 5.73 Å². The lowest BCUT2D eigenvalue weighted by Crippen LogP contribution is -2.36. The summed E-state index contributed by atoms with van der Waals surface area (Å²) in [6.07, 6.45) is 6.70. The molecule has 116 valence electrons. The number of nitrogens with two attached hydrogens (primary N) is 1. The van der Waals surface area contributed by atoms with Crippen LogP contribution in [0.4, 0.5) is 5.82 Å². The first kappa shape index (κ1) is 16.1. The molecule has 5 heteroatoms. The standard InChI is InChI=1S/C16H26N4S/c1-4-12-13(5-2)18-19-16(14(12)15(17)21)20-10-8-6-7-9-11(20)3/h11H,4-10H2,1-3H3,(H2,17,21). The van der Waals surface area contributed by atoms with Crippen LogP contribution in [0.15, 0.2) is 0 Å². The third kappa shape index (κ3) is 3.34. The fourth-order valence-electron chi connectivity index (χ4n) is 3.21. The molecule has 2 heterocycles. The van der Waals surface area contributed by atoms with Gasteiger partial charge in [-0.05, 0) is 38.2 Å². The minimum atomic E-state index is 0.447. The Hall–Kier alpha value is -1.23. The zero-order valence-corrected chi connectivity index (χ0v) is 14.2. The number of hydrogen-bond acceptors (Lipinski definition) is 4. The molecule has 0 aromatic carbocycles. The van der Waals surface area contributed by atoms with Gasteiger partial charge in [-0.15, -0.1) is 5.10 Å². The molecule has 0 bridgehead atoms. The van der Waals surface area contributed by atoms with Crippen molar-refractivity contribution in [3.8, 4) is 0 Å². The minimum absolute atomic E-state index is 0.447. The van der Waals surface area contributed by atoms with Crippen LogP contribution in [0.5, 0.6) is 0 Å². The van der Waals surface area contributed by atoms with E-state index in [1.54, 1.807) is 0 Å². The molecule has 0 saturated carbocycles. The van der Waals surface area contributed by atoms with Gasteiger partial charge in [0, 0.05) is 12.6 Å². The van der Waals surface area contributed by atoms with Gasteiger partial charge in [0.1, 0.15) is 4.99 Å². The van der Waals surface area contributed by atoms with Gasteiger partial charge >= 0.3 is 0 Å². The van der Waals surface area contributed by atoms with Crippen molar-refractivity contribution in [1.29, 1.82) is 0 Å². The molecule has 1 saturated heterocycles. The summed E-state index contributed by atoms with van der Waals surface area (Å²) in [6, 6.07) is 0.465. The molecule has 0 radical (unpaired) electrons. The van der Waals surface area contributed by atoms with E-state index in [0.29, 0.717) is 11.0 Å². The Labute approximate surface area is 133 Å². The second-order valence-corrected chi connectivity index (χ2v) is 6.23. The monoisotopic (exact) mass is 306 g/mol. The highest BCUT2D eigenvalue weighted by molar-refractivity contribution is 7.80. The molecule has 4 nitrogen and oxygen atoms in total. The molecule has 1 unspecified atom stereocenters. The van der Waals surface area contributed by atoms with Crippen LogP contribution in [-0.4, -0.2) is 27.8 Å². The molecule has 1 aliphatic rings. The van der Waals surface area contributed by atoms with Crippen molar-refractivity contribution in [2.75, 3.05) is 11.4 Å². The maximum Gasteiger partial charge on any atom is 0.162 e. The van der Waals surface area contributed by atoms with Crippen molar-refractivity contribution in [3.05, 3.63) is 16.8 Å². The van der Waals surface area contributed by atoms with Crippen LogP contribution in [0.25, 0.3) is 0 Å². The van der Waals surface area contributed by atoms with Crippen molar-refractivity contribution in [3.63, 3.8) is 0 Å². The molecule has 0 spiro atoms. The molecule has 1 fully saturated rings. The second-order valence-electron chi connectivity index (χ2n) is 5.79. The van der Waals surface area contributed by atoms with Gasteiger partial charge in [-0.2, -0.15) is 5.10 Å². The summed E-state index contributed by atoms with van der Waals surface area (Å²) in [6.45, 7) is 7.50. The maximum atomic E-state index is 6.04. The number of anilines is 1. The lowest BCUT2D eigenvalue weighted by atomic mass is 10.0. The van der Waals surface area contributed by atoms with E-state index in [4.69, 9.17) is 18.0 Å². The molecule has 1 aromatic rings. The van der Waals surface area contributed by atoms with E-state index in [9.17, 15) is 0 Å². The van der Waals surface area contributed by atoms with Crippen molar-refractivity contribution >= 4 is 23.0 Å². The van der Waals surface area contributed by atoms with Crippen LogP contribution in [0.2, 0.25) is 0 Å². The average molecular weight is 306 g/mol. The highest BCUT2D eigenvalue weighted by Gasteiger charge is 2.25. The van der Waals surface area contributed by atoms with Crippen LogP contribution >= 0.6 is 12.2 Å². The second kappa shape index (κ2) is 7.16. The van der Waals surface area contributed by atoms with E-state index in [0.717, 1.165) is 36.5 Å². The minimum Gasteiger partial charge on any atom is -0.389 e. The molecule has 1 atom stereocenters. The summed E-state index contributed by atoms with van der Waals surface area (Å²) in [7, 11) is 0. The molecule has 2 rings (SSSR count). The predicted molar refractivity (Wildman–Crippen MR) is 92.0 cm³/mol. The van der Waals surface area contributed by atoms with Gasteiger partial charge in [0.25, 0.3) is 0 Å². The molecule has 1 aliphatic heterocycles. The lowest BCUT2D eigenvalue weighted by Gasteiger charge is -2.30. The Kier molecular flexibility index (Phi) is 5.51. The van der Waals surface area contributed by atoms with Crippen LogP contribution < -0.4 is 10.6 Å². The lowest BCUT2D eigenvalue weighted by molar-refractivity contribution is 0.606. The first-order valence-corrected chi connectivity index (χ1v) is 8.45. The highest BCUT2D eigenvalue weighted by Crippen LogP contribution is 2.28. The van der Waals surface area contributed by atoms with Crippen molar-refractivity contribution in [2.45, 2.75) is 65.3 Å². The molecular formula is C16H26N4S. The number of nitrogens with zero attached hydrogens (tertiary/aromatic N) is 3. The van der Waals surface area contributed by atoms with Crippen LogP contribution in [-0.2, 0) is 12.8 Å². The SMILES string of the molecule is CCc1nnc(N2CCCCCC2C)c(C(N)=S)c1CC. The van der Waals surface area contributed by atoms with Gasteiger partial charge in [-0.3, -0.25) is 0 Å². The smallest absolute Gasteiger partial charge is 0.162 e. The zero-order chi connectivity index (χ0) is 15.4. The third-order valence-electron chi connectivity index (χ3n) is 4.40. The Morgan fingerprint density at radius 3 is 2.62 bits per heavy atom. The first-order chi connectivity index (χ1) is 10.1. The van der Waals surface area contributed by atoms with Gasteiger partial charge in [0.2, 0.25) is 0 Å². The summed E-state index contributed by atoms with van der Waals surface area (Å²) >= 11 is 5.34. The first-order valence-electron chi connectivity index (χ1n) is 8.04. The van der Waals surface area contributed by atoms with Gasteiger partial charge in [-0.1, -0.05) is 38.9 Å². The average Bonchev–Trinajstić information content (AvgIpc) is 2.69. The Morgan fingerprint density at radius 1 is 1.24 bits per heavy atom. The fraction of sp³-hybridized carbons (Fsp3) is 0.688. The number of rotatable bonds is 4. The van der Waals surface area contributed by atoms with E-state index in [-0.39, 0.29) is 0 Å². The predicted octanol–water partition coefficient (Wildman–Crippen LogP) is 3.00. The van der Waals surface area contributed by atoms with E-state index >= 15 is 0 Å². The summed E-state index contributed by atoms with van der Waals surface area (Å²) < 4.78 is 0. The van der Waals surface area contributed by atoms with E-state index in [2.05, 4.69) is 35.9 Å². The number of aromatic nitrogens is 2. The summed E-state index contributed by atoms with van der Waals surface area (Å²) in [5, 5.41) is 8.95. The van der Waals surface area contributed by atoms with E-state index < -0.39 is 0 Å². The van der Waals surface area contributed by atoms with Crippen LogP contribution in [0.1, 0.15) is 63.3 Å². The quantitative estimate of drug-likeness (QED) is 0.867. The third-order valence-corrected chi connectivity index (χ3v) is 4.60. The normalized spacial score (nSPS) is 19.4. The maximum absolute atomic E-state index is 6.04. The Bertz CT molecular complexity index is 515. The Morgan fingerprint density at radius 2 is 2.00 bits per heavy atom. The number of hydrogen-bond donors (Lipinski definition) is 1. The highest BCUT2D eigenvalue weighted by atomic mass is 32.1. The largest absolute Gasteiger partial charge is 0.389 e. The van der Waals surface area contributed by atoms with Crippen molar-refractivity contribution < 1.29 is 0 Å². The molecular weight excluding hydrogens is 280 g/mol. The van der Waals surface area contributed by atoms with Gasteiger partial charge < -0.3 is 10.6 Å².